The minimum atomic E-state index is 0.413. The first-order valence-corrected chi connectivity index (χ1v) is 6.45. The van der Waals surface area contributed by atoms with Gasteiger partial charge in [0.25, 0.3) is 0 Å². The second-order valence-electron chi connectivity index (χ2n) is 4.12. The second-order valence-corrected chi connectivity index (χ2v) is 5.54. The van der Waals surface area contributed by atoms with Gasteiger partial charge >= 0.3 is 0 Å². The van der Waals surface area contributed by atoms with Gasteiger partial charge in [-0.1, -0.05) is 6.92 Å². The van der Waals surface area contributed by atoms with Crippen LogP contribution in [-0.2, 0) is 0 Å². The number of hydrogen-bond acceptors (Lipinski definition) is 4. The highest BCUT2D eigenvalue weighted by Crippen LogP contribution is 2.48. The number of fused-ring (bicyclic) bond motifs is 2. The lowest BCUT2D eigenvalue weighted by Crippen LogP contribution is -2.21. The summed E-state index contributed by atoms with van der Waals surface area (Å²) < 4.78 is 11.2. The Hall–Kier alpha value is -0.870. The lowest BCUT2D eigenvalue weighted by Gasteiger charge is -2.20. The van der Waals surface area contributed by atoms with E-state index in [0.717, 1.165) is 11.5 Å². The van der Waals surface area contributed by atoms with Crippen LogP contribution in [0.1, 0.15) is 18.5 Å². The molecule has 0 amide bonds. The van der Waals surface area contributed by atoms with E-state index < -0.39 is 0 Å². The average molecular weight is 237 g/mol. The predicted octanol–water partition coefficient (Wildman–Crippen LogP) is 2.21. The summed E-state index contributed by atoms with van der Waals surface area (Å²) in [4.78, 5) is 1.32. The third kappa shape index (κ3) is 1.48. The van der Waals surface area contributed by atoms with Crippen LogP contribution in [0.15, 0.2) is 17.0 Å². The zero-order valence-electron chi connectivity index (χ0n) is 9.45. The van der Waals surface area contributed by atoms with Crippen molar-refractivity contribution in [2.75, 3.05) is 20.3 Å². The van der Waals surface area contributed by atoms with E-state index in [1.165, 1.54) is 10.5 Å². The summed E-state index contributed by atoms with van der Waals surface area (Å²) in [6, 6.07) is 4.65. The number of nitrogens with one attached hydrogen (secondary N) is 1. The highest BCUT2D eigenvalue weighted by molar-refractivity contribution is 8.00. The predicted molar refractivity (Wildman–Crippen MR) is 64.6 cm³/mol. The molecule has 2 heterocycles. The summed E-state index contributed by atoms with van der Waals surface area (Å²) in [5, 5.41) is 3.92. The molecule has 0 saturated carbocycles. The largest absolute Gasteiger partial charge is 0.486 e. The van der Waals surface area contributed by atoms with E-state index in [2.05, 4.69) is 24.4 Å². The fraction of sp³-hybridized carbons (Fsp3) is 0.500. The normalized spacial score (nSPS) is 26.6. The molecule has 3 rings (SSSR count). The first kappa shape index (κ1) is 10.3. The average Bonchev–Trinajstić information content (AvgIpc) is 2.60. The quantitative estimate of drug-likeness (QED) is 0.811. The number of ether oxygens (including phenoxy) is 2. The van der Waals surface area contributed by atoms with Crippen LogP contribution in [-0.4, -0.2) is 25.5 Å². The van der Waals surface area contributed by atoms with Gasteiger partial charge in [0, 0.05) is 16.2 Å². The molecule has 0 aliphatic carbocycles. The van der Waals surface area contributed by atoms with Gasteiger partial charge in [-0.2, -0.15) is 0 Å². The molecule has 0 radical (unpaired) electrons. The third-order valence-corrected chi connectivity index (χ3v) is 4.35. The van der Waals surface area contributed by atoms with Crippen molar-refractivity contribution in [1.82, 2.24) is 5.32 Å². The molecule has 0 aromatic heterocycles. The Morgan fingerprint density at radius 2 is 1.94 bits per heavy atom. The van der Waals surface area contributed by atoms with E-state index in [-0.39, 0.29) is 0 Å². The smallest absolute Gasteiger partial charge is 0.162 e. The highest BCUT2D eigenvalue weighted by Gasteiger charge is 2.31. The van der Waals surface area contributed by atoms with Crippen LogP contribution in [0.4, 0.5) is 0 Å². The molecule has 86 valence electrons. The maximum Gasteiger partial charge on any atom is 0.162 e. The molecular formula is C12H15NO2S. The van der Waals surface area contributed by atoms with Crippen LogP contribution in [0.25, 0.3) is 0 Å². The van der Waals surface area contributed by atoms with Crippen molar-refractivity contribution in [3.8, 4) is 11.5 Å². The van der Waals surface area contributed by atoms with Crippen LogP contribution in [0.5, 0.6) is 11.5 Å². The minimum Gasteiger partial charge on any atom is -0.486 e. The minimum absolute atomic E-state index is 0.413. The van der Waals surface area contributed by atoms with E-state index in [1.807, 2.05) is 18.8 Å². The van der Waals surface area contributed by atoms with Crippen LogP contribution >= 0.6 is 11.8 Å². The Labute approximate surface area is 99.5 Å². The molecule has 0 bridgehead atoms. The van der Waals surface area contributed by atoms with Gasteiger partial charge < -0.3 is 14.8 Å². The molecule has 4 heteroatoms. The number of thioether (sulfide) groups is 1. The van der Waals surface area contributed by atoms with E-state index in [4.69, 9.17) is 9.47 Å². The molecule has 2 aliphatic rings. The fourth-order valence-electron chi connectivity index (χ4n) is 2.34. The molecule has 0 fully saturated rings. The van der Waals surface area contributed by atoms with Crippen molar-refractivity contribution < 1.29 is 9.47 Å². The summed E-state index contributed by atoms with van der Waals surface area (Å²) in [6.45, 7) is 3.55. The van der Waals surface area contributed by atoms with E-state index in [9.17, 15) is 0 Å². The van der Waals surface area contributed by atoms with Gasteiger partial charge in [-0.15, -0.1) is 11.8 Å². The molecule has 0 saturated heterocycles. The van der Waals surface area contributed by atoms with Gasteiger partial charge in [-0.3, -0.25) is 0 Å². The van der Waals surface area contributed by atoms with Crippen molar-refractivity contribution in [3.63, 3.8) is 0 Å². The summed E-state index contributed by atoms with van der Waals surface area (Å²) in [5.74, 6) is 1.78. The molecule has 3 nitrogen and oxygen atoms in total. The van der Waals surface area contributed by atoms with Crippen molar-refractivity contribution in [3.05, 3.63) is 17.7 Å². The lowest BCUT2D eigenvalue weighted by atomic mass is 10.0. The van der Waals surface area contributed by atoms with Gasteiger partial charge in [0.15, 0.2) is 11.5 Å². The zero-order valence-corrected chi connectivity index (χ0v) is 10.3. The summed E-state index contributed by atoms with van der Waals surface area (Å²) in [7, 11) is 2.01. The highest BCUT2D eigenvalue weighted by atomic mass is 32.2. The number of hydrogen-bond donors (Lipinski definition) is 1. The molecule has 1 aromatic rings. The summed E-state index contributed by atoms with van der Waals surface area (Å²) >= 11 is 1.90. The van der Waals surface area contributed by atoms with Crippen molar-refractivity contribution >= 4 is 11.8 Å². The zero-order chi connectivity index (χ0) is 11.1. The van der Waals surface area contributed by atoms with Gasteiger partial charge in [-0.25, -0.2) is 0 Å². The van der Waals surface area contributed by atoms with Crippen molar-refractivity contribution in [2.45, 2.75) is 23.1 Å². The van der Waals surface area contributed by atoms with E-state index >= 15 is 0 Å². The second kappa shape index (κ2) is 3.86. The molecule has 2 aliphatic heterocycles. The maximum atomic E-state index is 5.61. The molecule has 2 unspecified atom stereocenters. The van der Waals surface area contributed by atoms with Gasteiger partial charge in [0.2, 0.25) is 0 Å². The lowest BCUT2D eigenvalue weighted by molar-refractivity contribution is 0.170. The van der Waals surface area contributed by atoms with Crippen LogP contribution in [0.3, 0.4) is 0 Å². The molecule has 1 aromatic carbocycles. The van der Waals surface area contributed by atoms with Crippen LogP contribution < -0.4 is 14.8 Å². The molecular weight excluding hydrogens is 222 g/mol. The van der Waals surface area contributed by atoms with E-state index in [0.29, 0.717) is 24.5 Å². The first-order chi connectivity index (χ1) is 7.79. The Morgan fingerprint density at radius 1 is 1.25 bits per heavy atom. The first-order valence-electron chi connectivity index (χ1n) is 5.57. The monoisotopic (exact) mass is 237 g/mol. The Bertz CT molecular complexity index is 422. The Balaban J connectivity index is 2.06. The van der Waals surface area contributed by atoms with Gasteiger partial charge in [0.05, 0.1) is 0 Å². The van der Waals surface area contributed by atoms with Crippen molar-refractivity contribution in [2.24, 2.45) is 0 Å². The molecule has 2 atom stereocenters. The van der Waals surface area contributed by atoms with Crippen LogP contribution in [0.2, 0.25) is 0 Å². The number of rotatable bonds is 1. The molecule has 1 N–H and O–H groups in total. The third-order valence-electron chi connectivity index (χ3n) is 3.10. The maximum absolute atomic E-state index is 5.61. The van der Waals surface area contributed by atoms with Crippen molar-refractivity contribution in [1.29, 1.82) is 0 Å². The summed E-state index contributed by atoms with van der Waals surface area (Å²) in [6.07, 6.45) is 0. The topological polar surface area (TPSA) is 30.5 Å². The van der Waals surface area contributed by atoms with Crippen LogP contribution in [0, 0.1) is 0 Å². The number of benzene rings is 1. The molecule has 16 heavy (non-hydrogen) atoms. The summed E-state index contributed by atoms with van der Waals surface area (Å²) in [5.41, 5.74) is 1.34. The molecule has 0 spiro atoms. The Kier molecular flexibility index (Phi) is 2.48. The van der Waals surface area contributed by atoms with Gasteiger partial charge in [0.1, 0.15) is 13.2 Å². The fourth-order valence-corrected chi connectivity index (χ4v) is 3.66. The SMILES string of the molecule is CNC1c2cc3c(cc2SC1C)OCCO3. The Morgan fingerprint density at radius 3 is 2.62 bits per heavy atom. The van der Waals surface area contributed by atoms with E-state index in [1.54, 1.807) is 0 Å². The van der Waals surface area contributed by atoms with Gasteiger partial charge in [-0.05, 0) is 24.7 Å². The standard InChI is InChI=1S/C12H15NO2S/c1-7-12(13-2)8-5-9-10(6-11(8)16-7)15-4-3-14-9/h5-7,12-13H,3-4H2,1-2H3.